The van der Waals surface area contributed by atoms with Crippen molar-refractivity contribution in [2.75, 3.05) is 5.73 Å². The number of anilines is 1. The van der Waals surface area contributed by atoms with Crippen LogP contribution in [0.2, 0.25) is 0 Å². The second kappa shape index (κ2) is 7.28. The summed E-state index contributed by atoms with van der Waals surface area (Å²) in [6.45, 7) is 0. The normalized spacial score (nSPS) is 14.7. The summed E-state index contributed by atoms with van der Waals surface area (Å²) in [4.78, 5) is 49.6. The van der Waals surface area contributed by atoms with E-state index in [-0.39, 0.29) is 22.5 Å². The van der Waals surface area contributed by atoms with Gasteiger partial charge in [-0.3, -0.25) is 24.3 Å². The van der Waals surface area contributed by atoms with E-state index in [1.54, 1.807) is 18.2 Å². The number of nitrogens with one attached hydrogen (secondary N) is 1. The van der Waals surface area contributed by atoms with E-state index in [1.807, 2.05) is 6.07 Å². The Morgan fingerprint density at radius 1 is 0.824 bits per heavy atom. The van der Waals surface area contributed by atoms with E-state index in [0.717, 1.165) is 35.5 Å². The first-order valence-corrected chi connectivity index (χ1v) is 11.0. The van der Waals surface area contributed by atoms with Gasteiger partial charge in [0, 0.05) is 17.5 Å². The average Bonchev–Trinajstić information content (AvgIpc) is 3.11. The van der Waals surface area contributed by atoms with Crippen molar-refractivity contribution in [1.82, 2.24) is 9.88 Å². The number of amides is 2. The topological polar surface area (TPSA) is 124 Å². The van der Waals surface area contributed by atoms with Crippen molar-refractivity contribution in [3.63, 3.8) is 0 Å². The van der Waals surface area contributed by atoms with Crippen LogP contribution in [0, 0.1) is 0 Å². The molecule has 0 saturated heterocycles. The van der Waals surface area contributed by atoms with Crippen molar-refractivity contribution < 1.29 is 14.0 Å². The quantitative estimate of drug-likeness (QED) is 0.355. The van der Waals surface area contributed by atoms with Crippen LogP contribution in [0.5, 0.6) is 0 Å². The smallest absolute Gasteiger partial charge is 0.344 e. The number of rotatable bonds is 2. The zero-order chi connectivity index (χ0) is 23.6. The van der Waals surface area contributed by atoms with Gasteiger partial charge in [-0.2, -0.15) is 0 Å². The number of carbonyl (C=O) groups is 2. The van der Waals surface area contributed by atoms with E-state index in [9.17, 15) is 19.2 Å². The minimum absolute atomic E-state index is 0.0473. The highest BCUT2D eigenvalue weighted by atomic mass is 16.4. The first kappa shape index (κ1) is 20.2. The number of aryl methyl sites for hydroxylation is 2. The predicted molar refractivity (Wildman–Crippen MR) is 126 cm³/mol. The van der Waals surface area contributed by atoms with Crippen LogP contribution in [0.3, 0.4) is 0 Å². The van der Waals surface area contributed by atoms with Gasteiger partial charge in [0.05, 0.1) is 22.4 Å². The highest BCUT2D eigenvalue weighted by molar-refractivity contribution is 6.23. The van der Waals surface area contributed by atoms with E-state index in [0.29, 0.717) is 16.6 Å². The fraction of sp³-hybridized carbons (Fsp3) is 0.154. The van der Waals surface area contributed by atoms with Crippen LogP contribution in [0.25, 0.3) is 27.8 Å². The van der Waals surface area contributed by atoms with Crippen LogP contribution in [-0.4, -0.2) is 16.4 Å². The van der Waals surface area contributed by atoms with Gasteiger partial charge in [0.15, 0.2) is 0 Å². The van der Waals surface area contributed by atoms with Crippen molar-refractivity contribution in [2.24, 2.45) is 0 Å². The number of hydrogen-bond acceptors (Lipinski definition) is 6. The molecule has 3 N–H and O–H groups in total. The minimum atomic E-state index is -0.659. The zero-order valence-electron chi connectivity index (χ0n) is 18.0. The molecule has 8 nitrogen and oxygen atoms in total. The van der Waals surface area contributed by atoms with Crippen LogP contribution < -0.4 is 22.2 Å². The molecule has 0 spiro atoms. The molecule has 2 aromatic heterocycles. The Balaban J connectivity index is 1.47. The molecule has 1 aliphatic carbocycles. The molecule has 4 aromatic rings. The summed E-state index contributed by atoms with van der Waals surface area (Å²) >= 11 is 0. The van der Waals surface area contributed by atoms with Gasteiger partial charge < -0.3 is 10.2 Å². The van der Waals surface area contributed by atoms with Crippen molar-refractivity contribution >= 4 is 28.6 Å². The van der Waals surface area contributed by atoms with Crippen LogP contribution >= 0.6 is 0 Å². The Morgan fingerprint density at radius 3 is 2.44 bits per heavy atom. The van der Waals surface area contributed by atoms with Crippen LogP contribution in [0.1, 0.15) is 44.7 Å². The number of aromatic nitrogens is 1. The third-order valence-electron chi connectivity index (χ3n) is 6.59. The van der Waals surface area contributed by atoms with Gasteiger partial charge in [0.2, 0.25) is 0 Å². The molecule has 0 bridgehead atoms. The maximum absolute atomic E-state index is 12.9. The molecule has 2 aliphatic rings. The van der Waals surface area contributed by atoms with Gasteiger partial charge in [-0.1, -0.05) is 18.2 Å². The van der Waals surface area contributed by atoms with Gasteiger partial charge in [0.25, 0.3) is 17.4 Å². The van der Waals surface area contributed by atoms with Crippen molar-refractivity contribution in [3.05, 3.63) is 91.6 Å². The third-order valence-corrected chi connectivity index (χ3v) is 6.59. The molecule has 1 aliphatic heterocycles. The molecule has 3 heterocycles. The minimum Gasteiger partial charge on any atom is -0.422 e. The molecule has 168 valence electrons. The monoisotopic (exact) mass is 453 g/mol. The van der Waals surface area contributed by atoms with Crippen LogP contribution in [-0.2, 0) is 12.8 Å². The molecular formula is C26H19N3O5. The number of fused-ring (bicyclic) bond motifs is 3. The van der Waals surface area contributed by atoms with Crippen molar-refractivity contribution in [1.29, 1.82) is 0 Å². The first-order valence-electron chi connectivity index (χ1n) is 11.0. The highest BCUT2D eigenvalue weighted by Crippen LogP contribution is 2.29. The third kappa shape index (κ3) is 2.99. The molecule has 8 heteroatoms. The fourth-order valence-electron chi connectivity index (χ4n) is 4.89. The van der Waals surface area contributed by atoms with Crippen LogP contribution in [0.15, 0.2) is 62.5 Å². The number of nitrogens with two attached hydrogens (primary N) is 1. The molecule has 0 atom stereocenters. The number of carbonyl (C=O) groups excluding carboxylic acids is 2. The summed E-state index contributed by atoms with van der Waals surface area (Å²) in [6, 6.07) is 13.8. The van der Waals surface area contributed by atoms with Gasteiger partial charge >= 0.3 is 5.63 Å². The Bertz CT molecular complexity index is 1680. The maximum Gasteiger partial charge on any atom is 0.344 e. The SMILES string of the molecule is Nc1c2c(cc(=O)n1-c1ccc3cc(-c4ccc5c(c4)CCCC5)c(=O)oc3c1)C(=O)NC2=O. The lowest BCUT2D eigenvalue weighted by molar-refractivity contribution is 0.0880. The number of nitrogen functional groups attached to an aromatic ring is 1. The number of pyridine rings is 1. The number of nitrogens with zero attached hydrogens (tertiary/aromatic N) is 1. The van der Waals surface area contributed by atoms with E-state index in [4.69, 9.17) is 10.2 Å². The van der Waals surface area contributed by atoms with Crippen molar-refractivity contribution in [2.45, 2.75) is 25.7 Å². The van der Waals surface area contributed by atoms with Crippen molar-refractivity contribution in [3.8, 4) is 16.8 Å². The fourth-order valence-corrected chi connectivity index (χ4v) is 4.89. The molecule has 34 heavy (non-hydrogen) atoms. The molecule has 2 amide bonds. The summed E-state index contributed by atoms with van der Waals surface area (Å²) in [5.74, 6) is -1.47. The Kier molecular flexibility index (Phi) is 4.32. The van der Waals surface area contributed by atoms with Gasteiger partial charge in [-0.25, -0.2) is 4.79 Å². The number of benzene rings is 2. The van der Waals surface area contributed by atoms with E-state index >= 15 is 0 Å². The average molecular weight is 453 g/mol. The largest absolute Gasteiger partial charge is 0.422 e. The molecule has 6 rings (SSSR count). The van der Waals surface area contributed by atoms with E-state index in [1.165, 1.54) is 23.6 Å². The maximum atomic E-state index is 12.9. The number of imide groups is 1. The van der Waals surface area contributed by atoms with E-state index in [2.05, 4.69) is 17.4 Å². The zero-order valence-corrected chi connectivity index (χ0v) is 18.0. The predicted octanol–water partition coefficient (Wildman–Crippen LogP) is 2.96. The lowest BCUT2D eigenvalue weighted by Gasteiger charge is -2.16. The summed E-state index contributed by atoms with van der Waals surface area (Å²) in [5.41, 5.74) is 9.42. The number of hydrogen-bond donors (Lipinski definition) is 2. The molecule has 0 unspecified atom stereocenters. The van der Waals surface area contributed by atoms with Crippen LogP contribution in [0.4, 0.5) is 5.82 Å². The second-order valence-corrected chi connectivity index (χ2v) is 8.64. The highest BCUT2D eigenvalue weighted by Gasteiger charge is 2.31. The Hall–Kier alpha value is -4.46. The van der Waals surface area contributed by atoms with E-state index < -0.39 is 23.0 Å². The molecular weight excluding hydrogens is 434 g/mol. The second-order valence-electron chi connectivity index (χ2n) is 8.64. The first-order chi connectivity index (χ1) is 16.4. The summed E-state index contributed by atoms with van der Waals surface area (Å²) in [7, 11) is 0. The van der Waals surface area contributed by atoms with Gasteiger partial charge in [-0.15, -0.1) is 0 Å². The Morgan fingerprint density at radius 2 is 1.62 bits per heavy atom. The summed E-state index contributed by atoms with van der Waals surface area (Å²) in [5, 5.41) is 2.81. The Labute approximate surface area is 192 Å². The molecule has 0 saturated carbocycles. The summed E-state index contributed by atoms with van der Waals surface area (Å²) in [6.07, 6.45) is 4.40. The van der Waals surface area contributed by atoms with Gasteiger partial charge in [0.1, 0.15) is 11.4 Å². The lowest BCUT2D eigenvalue weighted by Crippen LogP contribution is -2.24. The van der Waals surface area contributed by atoms with Gasteiger partial charge in [-0.05, 0) is 60.6 Å². The summed E-state index contributed by atoms with van der Waals surface area (Å²) < 4.78 is 6.74. The molecule has 0 fully saturated rings. The molecule has 0 radical (unpaired) electrons. The standard InChI is InChI=1S/C26H19N3O5/c27-23-22-19(24(31)28-25(22)32)12-21(30)29(23)17-8-7-16-10-18(26(33)34-20(16)11-17)15-6-5-13-3-1-2-4-14(13)9-15/h5-12H,1-4,27H2,(H,28,31,32). The lowest BCUT2D eigenvalue weighted by atomic mass is 9.89. The molecule has 2 aromatic carbocycles.